The monoisotopic (exact) mass is 409 g/mol. The second-order valence-electron chi connectivity index (χ2n) is 5.96. The average Bonchev–Trinajstić information content (AvgIpc) is 3.18. The maximum atomic E-state index is 12.7. The van der Waals surface area contributed by atoms with Crippen LogP contribution in [0.2, 0.25) is 0 Å². The standard InChI is InChI=1S/C17H10F3N3O4S/c1-7-13(28-16-21-15(17(18,19)20)22-23(7)16)10(24)6-9-12(25)8-4-2-3-5-11(8)27-14(9)26/h2-5,25H,6H2,1H3. The number of aromatic hydroxyl groups is 1. The third-order valence-corrected chi connectivity index (χ3v) is 5.31. The number of hydrogen-bond donors (Lipinski definition) is 1. The molecule has 0 aliphatic heterocycles. The number of halogens is 3. The molecule has 144 valence electrons. The van der Waals surface area contributed by atoms with Crippen LogP contribution < -0.4 is 5.63 Å². The van der Waals surface area contributed by atoms with E-state index in [9.17, 15) is 27.9 Å². The lowest BCUT2D eigenvalue weighted by atomic mass is 10.1. The maximum absolute atomic E-state index is 12.7. The number of hydrogen-bond acceptors (Lipinski definition) is 7. The second-order valence-corrected chi connectivity index (χ2v) is 6.93. The number of ketones is 1. The Balaban J connectivity index is 1.73. The summed E-state index contributed by atoms with van der Waals surface area (Å²) in [6.45, 7) is 1.42. The highest BCUT2D eigenvalue weighted by molar-refractivity contribution is 7.19. The molecule has 7 nitrogen and oxygen atoms in total. The van der Waals surface area contributed by atoms with Gasteiger partial charge in [0.05, 0.1) is 21.5 Å². The molecular weight excluding hydrogens is 399 g/mol. The van der Waals surface area contributed by atoms with Gasteiger partial charge in [-0.2, -0.15) is 18.2 Å². The molecule has 0 unspecified atom stereocenters. The van der Waals surface area contributed by atoms with Gasteiger partial charge in [0, 0.05) is 6.42 Å². The molecule has 11 heteroatoms. The number of fused-ring (bicyclic) bond motifs is 2. The summed E-state index contributed by atoms with van der Waals surface area (Å²) in [6.07, 6.45) is -5.17. The number of para-hydroxylation sites is 1. The number of benzene rings is 1. The van der Waals surface area contributed by atoms with Crippen LogP contribution in [0.3, 0.4) is 0 Å². The van der Waals surface area contributed by atoms with Crippen LogP contribution in [0.25, 0.3) is 15.9 Å². The molecule has 0 bridgehead atoms. The first-order valence-electron chi connectivity index (χ1n) is 7.87. The largest absolute Gasteiger partial charge is 0.507 e. The van der Waals surface area contributed by atoms with E-state index in [-0.39, 0.29) is 37.8 Å². The lowest BCUT2D eigenvalue weighted by Crippen LogP contribution is -2.14. The van der Waals surface area contributed by atoms with Crippen molar-refractivity contribution >= 4 is 33.1 Å². The van der Waals surface area contributed by atoms with E-state index >= 15 is 0 Å². The summed E-state index contributed by atoms with van der Waals surface area (Å²) in [7, 11) is 0. The Morgan fingerprint density at radius 1 is 1.32 bits per heavy atom. The predicted octanol–water partition coefficient (Wildman–Crippen LogP) is 3.36. The molecular formula is C17H10F3N3O4S. The van der Waals surface area contributed by atoms with E-state index in [1.165, 1.54) is 19.1 Å². The van der Waals surface area contributed by atoms with Crippen molar-refractivity contribution in [3.05, 3.63) is 56.6 Å². The fourth-order valence-corrected chi connectivity index (χ4v) is 3.79. The molecule has 0 spiro atoms. The SMILES string of the molecule is Cc1c(C(=O)Cc2c(O)c3ccccc3oc2=O)sc2nc(C(F)(F)F)nn12. The van der Waals surface area contributed by atoms with Crippen LogP contribution in [-0.2, 0) is 12.6 Å². The summed E-state index contributed by atoms with van der Waals surface area (Å²) >= 11 is 0.729. The molecule has 0 aliphatic rings. The zero-order valence-corrected chi connectivity index (χ0v) is 14.9. The Morgan fingerprint density at radius 2 is 2.04 bits per heavy atom. The first-order valence-corrected chi connectivity index (χ1v) is 8.68. The summed E-state index contributed by atoms with van der Waals surface area (Å²) in [6, 6.07) is 6.30. The Hall–Kier alpha value is -3.21. The van der Waals surface area contributed by atoms with Crippen LogP contribution in [0.4, 0.5) is 13.2 Å². The lowest BCUT2D eigenvalue weighted by molar-refractivity contribution is -0.144. The molecule has 0 aliphatic carbocycles. The summed E-state index contributed by atoms with van der Waals surface area (Å²) < 4.78 is 44.2. The highest BCUT2D eigenvalue weighted by atomic mass is 32.1. The fraction of sp³-hybridized carbons (Fsp3) is 0.176. The van der Waals surface area contributed by atoms with Gasteiger partial charge in [-0.25, -0.2) is 9.31 Å². The topological polar surface area (TPSA) is 97.7 Å². The van der Waals surface area contributed by atoms with E-state index < -0.39 is 29.8 Å². The quantitative estimate of drug-likeness (QED) is 0.412. The van der Waals surface area contributed by atoms with E-state index in [1.807, 2.05) is 0 Å². The Morgan fingerprint density at radius 3 is 2.71 bits per heavy atom. The number of carbonyl (C=O) groups is 1. The van der Waals surface area contributed by atoms with Crippen LogP contribution in [0, 0.1) is 6.92 Å². The molecule has 4 aromatic rings. The van der Waals surface area contributed by atoms with Gasteiger partial charge in [-0.05, 0) is 19.1 Å². The van der Waals surface area contributed by atoms with Crippen molar-refractivity contribution in [3.8, 4) is 5.75 Å². The van der Waals surface area contributed by atoms with Gasteiger partial charge in [0.25, 0.3) is 5.82 Å². The van der Waals surface area contributed by atoms with Gasteiger partial charge in [0.1, 0.15) is 11.3 Å². The molecule has 0 saturated carbocycles. The van der Waals surface area contributed by atoms with E-state index in [0.717, 1.165) is 15.9 Å². The lowest BCUT2D eigenvalue weighted by Gasteiger charge is -2.05. The number of carbonyl (C=O) groups excluding carboxylic acids is 1. The highest BCUT2D eigenvalue weighted by Gasteiger charge is 2.37. The zero-order valence-electron chi connectivity index (χ0n) is 14.1. The van der Waals surface area contributed by atoms with E-state index in [1.54, 1.807) is 12.1 Å². The summed E-state index contributed by atoms with van der Waals surface area (Å²) in [4.78, 5) is 28.2. The number of thiazole rings is 1. The van der Waals surface area contributed by atoms with Crippen molar-refractivity contribution in [2.75, 3.05) is 0 Å². The average molecular weight is 409 g/mol. The number of aryl methyl sites for hydroxylation is 1. The van der Waals surface area contributed by atoms with Gasteiger partial charge in [0.15, 0.2) is 5.78 Å². The normalized spacial score (nSPS) is 12.1. The number of rotatable bonds is 3. The minimum absolute atomic E-state index is 0.0932. The molecule has 0 saturated heterocycles. The smallest absolute Gasteiger partial charge is 0.453 e. The van der Waals surface area contributed by atoms with Crippen molar-refractivity contribution in [1.29, 1.82) is 0 Å². The summed E-state index contributed by atoms with van der Waals surface area (Å²) in [5, 5.41) is 14.0. The molecule has 0 fully saturated rings. The number of alkyl halides is 3. The van der Waals surface area contributed by atoms with Gasteiger partial charge < -0.3 is 9.52 Å². The number of aromatic nitrogens is 3. The molecule has 3 aromatic heterocycles. The predicted molar refractivity (Wildman–Crippen MR) is 92.8 cm³/mol. The van der Waals surface area contributed by atoms with Crippen molar-refractivity contribution < 1.29 is 27.5 Å². The van der Waals surface area contributed by atoms with E-state index in [2.05, 4.69) is 10.1 Å². The van der Waals surface area contributed by atoms with Crippen LogP contribution in [-0.4, -0.2) is 25.5 Å². The third-order valence-electron chi connectivity index (χ3n) is 4.14. The number of nitrogens with zero attached hydrogens (tertiary/aromatic N) is 3. The van der Waals surface area contributed by atoms with Crippen LogP contribution in [0.15, 0.2) is 33.5 Å². The Kier molecular flexibility index (Phi) is 4.00. The third kappa shape index (κ3) is 2.83. The molecule has 1 N–H and O–H groups in total. The Bertz CT molecular complexity index is 1300. The van der Waals surface area contributed by atoms with Crippen molar-refractivity contribution in [2.45, 2.75) is 19.5 Å². The number of Topliss-reactive ketones (excluding diaryl/α,β-unsaturated/α-hetero) is 1. The van der Waals surface area contributed by atoms with Crippen molar-refractivity contribution in [3.63, 3.8) is 0 Å². The van der Waals surface area contributed by atoms with E-state index in [4.69, 9.17) is 4.42 Å². The minimum Gasteiger partial charge on any atom is -0.507 e. The molecule has 0 atom stereocenters. The summed E-state index contributed by atoms with van der Waals surface area (Å²) in [5.74, 6) is -2.23. The highest BCUT2D eigenvalue weighted by Crippen LogP contribution is 2.31. The molecule has 4 rings (SSSR count). The summed E-state index contributed by atoms with van der Waals surface area (Å²) in [5.41, 5.74) is -0.743. The van der Waals surface area contributed by atoms with Crippen LogP contribution in [0.1, 0.15) is 26.8 Å². The van der Waals surface area contributed by atoms with E-state index in [0.29, 0.717) is 0 Å². The fourth-order valence-electron chi connectivity index (χ4n) is 2.79. The zero-order chi connectivity index (χ0) is 20.2. The van der Waals surface area contributed by atoms with Gasteiger partial charge >= 0.3 is 11.8 Å². The first kappa shape index (κ1) is 18.2. The van der Waals surface area contributed by atoms with Gasteiger partial charge in [-0.15, -0.1) is 5.10 Å². The maximum Gasteiger partial charge on any atom is 0.453 e. The van der Waals surface area contributed by atoms with Crippen LogP contribution >= 0.6 is 11.3 Å². The van der Waals surface area contributed by atoms with Crippen molar-refractivity contribution in [2.24, 2.45) is 0 Å². The molecule has 1 aromatic carbocycles. The van der Waals surface area contributed by atoms with Gasteiger partial charge in [-0.3, -0.25) is 4.79 Å². The second kappa shape index (κ2) is 6.16. The van der Waals surface area contributed by atoms with Gasteiger partial charge in [0.2, 0.25) is 4.96 Å². The molecule has 0 radical (unpaired) electrons. The van der Waals surface area contributed by atoms with Gasteiger partial charge in [-0.1, -0.05) is 23.5 Å². The molecule has 3 heterocycles. The first-order chi connectivity index (χ1) is 13.2. The molecule has 28 heavy (non-hydrogen) atoms. The minimum atomic E-state index is -4.70. The Labute approximate surface area is 157 Å². The van der Waals surface area contributed by atoms with Crippen LogP contribution in [0.5, 0.6) is 5.75 Å². The van der Waals surface area contributed by atoms with Crippen molar-refractivity contribution in [1.82, 2.24) is 14.6 Å². The molecule has 0 amide bonds.